The van der Waals surface area contributed by atoms with Crippen molar-refractivity contribution in [1.29, 1.82) is 0 Å². The lowest BCUT2D eigenvalue weighted by atomic mass is 9.82. The molecule has 3 atom stereocenters. The zero-order valence-electron chi connectivity index (χ0n) is 10.9. The highest BCUT2D eigenvalue weighted by molar-refractivity contribution is 9.10. The molecule has 3 rings (SSSR count). The van der Waals surface area contributed by atoms with Crippen LogP contribution in [-0.2, 0) is 0 Å². The monoisotopic (exact) mass is 308 g/mol. The van der Waals surface area contributed by atoms with Gasteiger partial charge in [-0.2, -0.15) is 0 Å². The summed E-state index contributed by atoms with van der Waals surface area (Å²) in [5.74, 6) is 0.854. The lowest BCUT2D eigenvalue weighted by Gasteiger charge is -2.46. The van der Waals surface area contributed by atoms with Crippen molar-refractivity contribution in [2.24, 2.45) is 5.92 Å². The molecule has 1 heterocycles. The number of benzene rings is 1. The summed E-state index contributed by atoms with van der Waals surface area (Å²) in [7, 11) is 2.24. The summed E-state index contributed by atoms with van der Waals surface area (Å²) in [5, 5.41) is 3.85. The standard InChI is InChI=1S/C15H21BrN2/c1-18-10-12-5-2-3-8-14(12)17-15(18)11-6-4-7-13(16)9-11/h4,6-7,9,12,14-15,17H,2-3,5,8,10H2,1H3/t12-,14+,15+/m0/s1. The molecule has 0 spiro atoms. The van der Waals surface area contributed by atoms with E-state index in [-0.39, 0.29) is 0 Å². The molecule has 2 fully saturated rings. The maximum atomic E-state index is 3.85. The molecule has 2 nitrogen and oxygen atoms in total. The number of hydrogen-bond donors (Lipinski definition) is 1. The Morgan fingerprint density at radius 1 is 1.28 bits per heavy atom. The van der Waals surface area contributed by atoms with Crippen LogP contribution < -0.4 is 5.32 Å². The summed E-state index contributed by atoms with van der Waals surface area (Å²) in [6, 6.07) is 9.40. The van der Waals surface area contributed by atoms with Crippen LogP contribution in [0.25, 0.3) is 0 Å². The molecule has 0 bridgehead atoms. The smallest absolute Gasteiger partial charge is 0.0861 e. The molecular formula is C15H21BrN2. The van der Waals surface area contributed by atoms with Gasteiger partial charge in [0.1, 0.15) is 0 Å². The molecule has 0 unspecified atom stereocenters. The Kier molecular flexibility index (Phi) is 3.73. The summed E-state index contributed by atoms with van der Waals surface area (Å²) in [6.45, 7) is 1.23. The van der Waals surface area contributed by atoms with E-state index in [1.165, 1.54) is 42.3 Å². The van der Waals surface area contributed by atoms with Crippen LogP contribution in [-0.4, -0.2) is 24.5 Å². The number of nitrogens with zero attached hydrogens (tertiary/aromatic N) is 1. The first-order chi connectivity index (χ1) is 8.74. The van der Waals surface area contributed by atoms with E-state index in [0.29, 0.717) is 6.17 Å². The van der Waals surface area contributed by atoms with Gasteiger partial charge >= 0.3 is 0 Å². The van der Waals surface area contributed by atoms with Crippen LogP contribution in [0.4, 0.5) is 0 Å². The topological polar surface area (TPSA) is 15.3 Å². The Morgan fingerprint density at radius 3 is 2.94 bits per heavy atom. The third-order valence-corrected chi connectivity index (χ3v) is 4.90. The first-order valence-corrected chi connectivity index (χ1v) is 7.75. The minimum Gasteiger partial charge on any atom is -0.295 e. The van der Waals surface area contributed by atoms with Gasteiger partial charge in [-0.25, -0.2) is 0 Å². The van der Waals surface area contributed by atoms with Crippen molar-refractivity contribution in [3.8, 4) is 0 Å². The summed E-state index contributed by atoms with van der Waals surface area (Å²) < 4.78 is 1.17. The first kappa shape index (κ1) is 12.6. The summed E-state index contributed by atoms with van der Waals surface area (Å²) >= 11 is 3.57. The zero-order chi connectivity index (χ0) is 12.5. The van der Waals surface area contributed by atoms with E-state index in [0.717, 1.165) is 12.0 Å². The predicted octanol–water partition coefficient (Wildman–Crippen LogP) is 3.54. The third-order valence-electron chi connectivity index (χ3n) is 4.41. The largest absolute Gasteiger partial charge is 0.295 e. The van der Waals surface area contributed by atoms with Gasteiger partial charge in [0.15, 0.2) is 0 Å². The van der Waals surface area contributed by atoms with Crippen molar-refractivity contribution in [1.82, 2.24) is 10.2 Å². The van der Waals surface area contributed by atoms with Crippen molar-refractivity contribution in [3.05, 3.63) is 34.3 Å². The predicted molar refractivity (Wildman–Crippen MR) is 78.4 cm³/mol. The SMILES string of the molecule is CN1C[C@@H]2CCCC[C@H]2N[C@H]1c1cccc(Br)c1. The van der Waals surface area contributed by atoms with Gasteiger partial charge in [-0.15, -0.1) is 0 Å². The van der Waals surface area contributed by atoms with Crippen LogP contribution in [0.1, 0.15) is 37.4 Å². The van der Waals surface area contributed by atoms with Crippen LogP contribution >= 0.6 is 15.9 Å². The molecule has 1 aromatic rings. The molecule has 0 aromatic heterocycles. The van der Waals surface area contributed by atoms with Crippen LogP contribution in [0.3, 0.4) is 0 Å². The van der Waals surface area contributed by atoms with Crippen LogP contribution in [0.2, 0.25) is 0 Å². The van der Waals surface area contributed by atoms with Gasteiger partial charge in [-0.05, 0) is 43.5 Å². The molecule has 1 saturated heterocycles. The van der Waals surface area contributed by atoms with Crippen molar-refractivity contribution in [2.75, 3.05) is 13.6 Å². The average molecular weight is 309 g/mol. The van der Waals surface area contributed by atoms with Gasteiger partial charge in [0.05, 0.1) is 6.17 Å². The van der Waals surface area contributed by atoms with Gasteiger partial charge in [0.25, 0.3) is 0 Å². The second-order valence-corrected chi connectivity index (χ2v) is 6.63. The van der Waals surface area contributed by atoms with Gasteiger partial charge in [0, 0.05) is 17.1 Å². The summed E-state index contributed by atoms with van der Waals surface area (Å²) in [6.07, 6.45) is 5.93. The molecule has 1 N–H and O–H groups in total. The third kappa shape index (κ3) is 2.49. The average Bonchev–Trinajstić information content (AvgIpc) is 2.38. The molecule has 3 heteroatoms. The minimum absolute atomic E-state index is 0.377. The van der Waals surface area contributed by atoms with Crippen LogP contribution in [0.5, 0.6) is 0 Å². The highest BCUT2D eigenvalue weighted by Gasteiger charge is 2.34. The molecule has 0 amide bonds. The maximum Gasteiger partial charge on any atom is 0.0861 e. The van der Waals surface area contributed by atoms with Crippen LogP contribution in [0, 0.1) is 5.92 Å². The molecule has 1 aliphatic heterocycles. The lowest BCUT2D eigenvalue weighted by molar-refractivity contribution is 0.0608. The summed E-state index contributed by atoms with van der Waals surface area (Å²) in [5.41, 5.74) is 1.37. The minimum atomic E-state index is 0.377. The van der Waals surface area contributed by atoms with E-state index in [1.807, 2.05) is 0 Å². The van der Waals surface area contributed by atoms with Crippen molar-refractivity contribution < 1.29 is 0 Å². The second kappa shape index (κ2) is 5.32. The quantitative estimate of drug-likeness (QED) is 0.853. The Hall–Kier alpha value is -0.380. The molecule has 2 aliphatic rings. The van der Waals surface area contributed by atoms with Crippen LogP contribution in [0.15, 0.2) is 28.7 Å². The van der Waals surface area contributed by atoms with Gasteiger partial charge in [-0.3, -0.25) is 10.2 Å². The van der Waals surface area contributed by atoms with Gasteiger partial charge < -0.3 is 0 Å². The fraction of sp³-hybridized carbons (Fsp3) is 0.600. The van der Waals surface area contributed by atoms with Gasteiger partial charge in [0.2, 0.25) is 0 Å². The number of hydrogen-bond acceptors (Lipinski definition) is 2. The Bertz CT molecular complexity index is 421. The molecule has 98 valence electrons. The Balaban J connectivity index is 1.80. The Morgan fingerprint density at radius 2 is 2.11 bits per heavy atom. The van der Waals surface area contributed by atoms with E-state index in [4.69, 9.17) is 0 Å². The normalized spacial score (nSPS) is 33.1. The fourth-order valence-corrected chi connectivity index (χ4v) is 3.90. The van der Waals surface area contributed by atoms with Crippen molar-refractivity contribution in [2.45, 2.75) is 37.9 Å². The lowest BCUT2D eigenvalue weighted by Crippen LogP contribution is -2.54. The van der Waals surface area contributed by atoms with E-state index in [2.05, 4.69) is 57.5 Å². The molecule has 1 aliphatic carbocycles. The molecule has 1 saturated carbocycles. The number of halogens is 1. The van der Waals surface area contributed by atoms with E-state index in [1.54, 1.807) is 0 Å². The fourth-order valence-electron chi connectivity index (χ4n) is 3.48. The highest BCUT2D eigenvalue weighted by atomic mass is 79.9. The number of nitrogens with one attached hydrogen (secondary N) is 1. The summed E-state index contributed by atoms with van der Waals surface area (Å²) in [4.78, 5) is 2.47. The van der Waals surface area contributed by atoms with E-state index in [9.17, 15) is 0 Å². The maximum absolute atomic E-state index is 3.85. The Labute approximate surface area is 118 Å². The van der Waals surface area contributed by atoms with Gasteiger partial charge in [-0.1, -0.05) is 40.9 Å². The molecule has 1 aromatic carbocycles. The molecule has 0 radical (unpaired) electrons. The zero-order valence-corrected chi connectivity index (χ0v) is 12.5. The highest BCUT2D eigenvalue weighted by Crippen LogP contribution is 2.33. The number of rotatable bonds is 1. The molecule has 18 heavy (non-hydrogen) atoms. The van der Waals surface area contributed by atoms with E-state index < -0.39 is 0 Å². The first-order valence-electron chi connectivity index (χ1n) is 6.96. The molecular weight excluding hydrogens is 288 g/mol. The van der Waals surface area contributed by atoms with E-state index >= 15 is 0 Å². The number of fused-ring (bicyclic) bond motifs is 1. The van der Waals surface area contributed by atoms with Crippen molar-refractivity contribution in [3.63, 3.8) is 0 Å². The van der Waals surface area contributed by atoms with Crippen molar-refractivity contribution >= 4 is 15.9 Å². The second-order valence-electron chi connectivity index (χ2n) is 5.71.